The summed E-state index contributed by atoms with van der Waals surface area (Å²) in [6, 6.07) is 59.8. The summed E-state index contributed by atoms with van der Waals surface area (Å²) in [4.78, 5) is 0. The van der Waals surface area contributed by atoms with Crippen LogP contribution in [0.2, 0.25) is 0 Å². The molecule has 0 radical (unpaired) electrons. The fourth-order valence-corrected chi connectivity index (χ4v) is 11.2. The van der Waals surface area contributed by atoms with Crippen LogP contribution in [0.1, 0.15) is 135 Å². The average molecular weight is 1100 g/mol. The summed E-state index contributed by atoms with van der Waals surface area (Å²) in [7, 11) is 0. The molecule has 0 amide bonds. The van der Waals surface area contributed by atoms with E-state index in [4.69, 9.17) is 37.9 Å². The van der Waals surface area contributed by atoms with Gasteiger partial charge in [0.25, 0.3) is 0 Å². The highest BCUT2D eigenvalue weighted by atomic mass is 16.5. The zero-order valence-electron chi connectivity index (χ0n) is 49.7. The zero-order valence-corrected chi connectivity index (χ0v) is 49.7. The Hall–Kier alpha value is -7.52. The van der Waals surface area contributed by atoms with E-state index in [1.54, 1.807) is 0 Å². The molecule has 0 aromatic heterocycles. The third-order valence-corrected chi connectivity index (χ3v) is 15.5. The number of ether oxygens (including phenoxy) is 8. The molecule has 10 rings (SSSR count). The Morgan fingerprint density at radius 3 is 0.927 bits per heavy atom. The van der Waals surface area contributed by atoms with Crippen molar-refractivity contribution in [2.45, 2.75) is 118 Å². The molecule has 0 fully saturated rings. The Morgan fingerprint density at radius 1 is 0.305 bits per heavy atom. The first-order valence-electron chi connectivity index (χ1n) is 30.0. The number of hydrogen-bond acceptors (Lipinski definition) is 8. The van der Waals surface area contributed by atoms with Gasteiger partial charge in [0.15, 0.2) is 11.2 Å². The molecule has 2 aliphatic rings. The van der Waals surface area contributed by atoms with Crippen LogP contribution >= 0.6 is 0 Å². The second-order valence-corrected chi connectivity index (χ2v) is 21.7. The zero-order chi connectivity index (χ0) is 57.3. The molecule has 82 heavy (non-hydrogen) atoms. The molecular formula is C74H84O8. The normalized spacial score (nSPS) is 13.2. The lowest BCUT2D eigenvalue weighted by Crippen LogP contribution is -2.38. The summed E-state index contributed by atoms with van der Waals surface area (Å²) in [5, 5.41) is 0. The van der Waals surface area contributed by atoms with Crippen molar-refractivity contribution in [2.75, 3.05) is 52.9 Å². The molecule has 0 aliphatic carbocycles. The third-order valence-electron chi connectivity index (χ3n) is 15.5. The Labute approximate surface area is 488 Å². The van der Waals surface area contributed by atoms with Crippen molar-refractivity contribution in [2.24, 2.45) is 0 Å². The molecule has 8 aromatic rings. The van der Waals surface area contributed by atoms with Crippen LogP contribution in [0.4, 0.5) is 0 Å². The van der Waals surface area contributed by atoms with Gasteiger partial charge in [-0.15, -0.1) is 0 Å². The standard InChI is InChI=1S/C39H46O3.C35H38O5/c1-5-7-9-11-25-40-33-19-15-31(16-20-33)39(32-17-21-34(22-18-32)41-26-12-10-8-6-2)37-27-29(3)13-23-35(37)36-24-14-30(4)28-38(36)42-39;1-5-36-19-21-38-29-13-9-27(10-14-29)35(28-11-15-30(16-12-28)39-22-20-37-6-2)33-23-25(3)7-17-31(33)32-18-8-26(4)24-34(32)40-35/h13-24,27-28H,5-12,25-26H2,1-4H3;7-18,23-24H,5-6,19-22H2,1-4H3. The molecule has 0 saturated carbocycles. The van der Waals surface area contributed by atoms with E-state index in [9.17, 15) is 0 Å². The first-order chi connectivity index (χ1) is 40.1. The Bertz CT molecular complexity index is 3180. The predicted molar refractivity (Wildman–Crippen MR) is 333 cm³/mol. The van der Waals surface area contributed by atoms with Gasteiger partial charge in [-0.2, -0.15) is 0 Å². The molecule has 8 nitrogen and oxygen atoms in total. The predicted octanol–water partition coefficient (Wildman–Crippen LogP) is 18.1. The molecular weight excluding hydrogens is 1020 g/mol. The van der Waals surface area contributed by atoms with Gasteiger partial charge in [0.05, 0.1) is 26.4 Å². The number of hydrogen-bond donors (Lipinski definition) is 0. The summed E-state index contributed by atoms with van der Waals surface area (Å²) < 4.78 is 49.3. The maximum Gasteiger partial charge on any atom is 0.185 e. The Kier molecular flexibility index (Phi) is 20.5. The summed E-state index contributed by atoms with van der Waals surface area (Å²) in [5.41, 5.74) is 14.1. The maximum atomic E-state index is 7.20. The third kappa shape index (κ3) is 13.7. The van der Waals surface area contributed by atoms with Crippen LogP contribution in [0, 0.1) is 27.7 Å². The van der Waals surface area contributed by atoms with E-state index in [1.807, 2.05) is 38.1 Å². The molecule has 0 unspecified atom stereocenters. The Balaban J connectivity index is 0.000000198. The van der Waals surface area contributed by atoms with E-state index in [1.165, 1.54) is 66.3 Å². The summed E-state index contributed by atoms with van der Waals surface area (Å²) in [6.07, 6.45) is 9.54. The van der Waals surface area contributed by atoms with E-state index in [-0.39, 0.29) is 0 Å². The average Bonchev–Trinajstić information content (AvgIpc) is 1.68. The van der Waals surface area contributed by atoms with Crippen LogP contribution in [-0.2, 0) is 20.7 Å². The summed E-state index contributed by atoms with van der Waals surface area (Å²) in [6.45, 7) is 21.9. The van der Waals surface area contributed by atoms with E-state index in [0.29, 0.717) is 39.6 Å². The molecule has 0 bridgehead atoms. The van der Waals surface area contributed by atoms with Gasteiger partial charge in [0, 0.05) is 57.7 Å². The Morgan fingerprint density at radius 2 is 0.610 bits per heavy atom. The van der Waals surface area contributed by atoms with Gasteiger partial charge < -0.3 is 37.9 Å². The SMILES string of the molecule is CCCCCCOc1ccc(C2(c3ccc(OCCCCCC)cc3)Oc3cc(C)ccc3-c3ccc(C)cc32)cc1.CCOCCOc1ccc(C2(c3ccc(OCCOCC)cc3)Oc3cc(C)ccc3-c3ccc(C)cc32)cc1. The molecule has 428 valence electrons. The fourth-order valence-electron chi connectivity index (χ4n) is 11.2. The van der Waals surface area contributed by atoms with Gasteiger partial charge in [-0.3, -0.25) is 0 Å². The molecule has 0 spiro atoms. The molecule has 8 heteroatoms. The van der Waals surface area contributed by atoms with Crippen LogP contribution in [-0.4, -0.2) is 52.9 Å². The summed E-state index contributed by atoms with van der Waals surface area (Å²) >= 11 is 0. The van der Waals surface area contributed by atoms with Crippen LogP contribution in [0.5, 0.6) is 34.5 Å². The topological polar surface area (TPSA) is 73.8 Å². The van der Waals surface area contributed by atoms with Gasteiger partial charge >= 0.3 is 0 Å². The highest BCUT2D eigenvalue weighted by molar-refractivity contribution is 5.81. The lowest BCUT2D eigenvalue weighted by Gasteiger charge is -2.41. The monoisotopic (exact) mass is 1100 g/mol. The van der Waals surface area contributed by atoms with Crippen LogP contribution in [0.3, 0.4) is 0 Å². The minimum absolute atomic E-state index is 0.508. The van der Waals surface area contributed by atoms with Gasteiger partial charge in [0.2, 0.25) is 0 Å². The number of aryl methyl sites for hydroxylation is 4. The maximum absolute atomic E-state index is 7.20. The van der Waals surface area contributed by atoms with Crippen molar-refractivity contribution in [3.05, 3.63) is 225 Å². The van der Waals surface area contributed by atoms with Crippen molar-refractivity contribution >= 4 is 0 Å². The molecule has 2 heterocycles. The first-order valence-corrected chi connectivity index (χ1v) is 30.0. The van der Waals surface area contributed by atoms with E-state index >= 15 is 0 Å². The van der Waals surface area contributed by atoms with Crippen LogP contribution < -0.4 is 28.4 Å². The smallest absolute Gasteiger partial charge is 0.185 e. The highest BCUT2D eigenvalue weighted by Crippen LogP contribution is 2.54. The lowest BCUT2D eigenvalue weighted by molar-refractivity contribution is 0.110. The molecule has 0 N–H and O–H groups in total. The van der Waals surface area contributed by atoms with E-state index in [2.05, 4.69) is 187 Å². The lowest BCUT2D eigenvalue weighted by atomic mass is 9.74. The number of rotatable bonds is 26. The molecule has 2 aliphatic heterocycles. The van der Waals surface area contributed by atoms with Crippen molar-refractivity contribution < 1.29 is 37.9 Å². The van der Waals surface area contributed by atoms with Crippen LogP contribution in [0.25, 0.3) is 22.3 Å². The van der Waals surface area contributed by atoms with Crippen molar-refractivity contribution in [3.8, 4) is 56.8 Å². The largest absolute Gasteiger partial charge is 0.494 e. The fraction of sp³-hybridized carbons (Fsp3) is 0.351. The van der Waals surface area contributed by atoms with Gasteiger partial charge in [0.1, 0.15) is 47.7 Å². The van der Waals surface area contributed by atoms with Crippen molar-refractivity contribution in [1.29, 1.82) is 0 Å². The van der Waals surface area contributed by atoms with Crippen molar-refractivity contribution in [1.82, 2.24) is 0 Å². The first kappa shape index (κ1) is 59.1. The molecule has 0 atom stereocenters. The van der Waals surface area contributed by atoms with Gasteiger partial charge in [-0.1, -0.05) is 173 Å². The minimum atomic E-state index is -0.865. The highest BCUT2D eigenvalue weighted by Gasteiger charge is 2.46. The second-order valence-electron chi connectivity index (χ2n) is 21.7. The van der Waals surface area contributed by atoms with Gasteiger partial charge in [-0.05, 0) is 137 Å². The van der Waals surface area contributed by atoms with E-state index < -0.39 is 11.2 Å². The quantitative estimate of drug-likeness (QED) is 0.0497. The van der Waals surface area contributed by atoms with Crippen LogP contribution in [0.15, 0.2) is 170 Å². The summed E-state index contributed by atoms with van der Waals surface area (Å²) in [5.74, 6) is 5.16. The van der Waals surface area contributed by atoms with Crippen molar-refractivity contribution in [3.63, 3.8) is 0 Å². The molecule has 0 saturated heterocycles. The van der Waals surface area contributed by atoms with Gasteiger partial charge in [-0.25, -0.2) is 0 Å². The number of fused-ring (bicyclic) bond motifs is 6. The number of benzene rings is 8. The second kappa shape index (κ2) is 28.5. The number of unbranched alkanes of at least 4 members (excludes halogenated alkanes) is 6. The van der Waals surface area contributed by atoms with E-state index in [0.717, 1.165) is 111 Å². The minimum Gasteiger partial charge on any atom is -0.494 e. The molecule has 8 aromatic carbocycles.